The fourth-order valence-electron chi connectivity index (χ4n) is 1.72. The highest BCUT2D eigenvalue weighted by molar-refractivity contribution is 6.21. The zero-order valence-corrected chi connectivity index (χ0v) is 10.2. The van der Waals surface area contributed by atoms with Crippen molar-refractivity contribution in [3.63, 3.8) is 0 Å². The summed E-state index contributed by atoms with van der Waals surface area (Å²) >= 11 is 5.92. The minimum Gasteiger partial charge on any atom is -0.394 e. The average molecular weight is 278 g/mol. The molecule has 0 aliphatic carbocycles. The van der Waals surface area contributed by atoms with Crippen molar-refractivity contribution in [1.29, 1.82) is 0 Å². The maximum atomic E-state index is 11.6. The Balaban J connectivity index is 2.42. The summed E-state index contributed by atoms with van der Waals surface area (Å²) in [5, 5.41) is 21.5. The molecule has 9 heteroatoms. The van der Waals surface area contributed by atoms with E-state index in [1.807, 2.05) is 0 Å². The fraction of sp³-hybridized carbons (Fsp3) is 0.667. The summed E-state index contributed by atoms with van der Waals surface area (Å²) < 4.78 is 6.10. The van der Waals surface area contributed by atoms with Gasteiger partial charge in [-0.1, -0.05) is 0 Å². The Kier molecular flexibility index (Phi) is 3.53. The van der Waals surface area contributed by atoms with Crippen LogP contribution in [0.25, 0.3) is 0 Å². The SMILES string of the molecule is Cc1nn([C@@H]2O[C@H](CO)[C@@H](O)[C@H]2Cl)c(=O)[nH]c1=O. The van der Waals surface area contributed by atoms with Crippen LogP contribution in [0.3, 0.4) is 0 Å². The van der Waals surface area contributed by atoms with Crippen LogP contribution in [0.5, 0.6) is 0 Å². The highest BCUT2D eigenvalue weighted by Gasteiger charge is 2.44. The third kappa shape index (κ3) is 2.07. The van der Waals surface area contributed by atoms with Gasteiger partial charge in [-0.05, 0) is 6.92 Å². The Morgan fingerprint density at radius 3 is 2.78 bits per heavy atom. The van der Waals surface area contributed by atoms with Crippen LogP contribution in [-0.2, 0) is 4.74 Å². The van der Waals surface area contributed by atoms with Gasteiger partial charge < -0.3 is 14.9 Å². The first kappa shape index (κ1) is 13.2. The topological polar surface area (TPSA) is 117 Å². The molecule has 0 spiro atoms. The molecule has 0 bridgehead atoms. The minimum atomic E-state index is -1.12. The maximum Gasteiger partial charge on any atom is 0.347 e. The second-order valence-electron chi connectivity index (χ2n) is 3.97. The van der Waals surface area contributed by atoms with Crippen molar-refractivity contribution in [3.05, 3.63) is 26.5 Å². The molecule has 0 aromatic carbocycles. The number of aryl methyl sites for hydroxylation is 1. The van der Waals surface area contributed by atoms with Crippen LogP contribution in [0.15, 0.2) is 9.59 Å². The van der Waals surface area contributed by atoms with Crippen LogP contribution in [-0.4, -0.2) is 49.2 Å². The molecule has 1 aromatic rings. The molecule has 2 rings (SSSR count). The van der Waals surface area contributed by atoms with Crippen LogP contribution in [0.1, 0.15) is 11.9 Å². The maximum absolute atomic E-state index is 11.6. The first-order valence-electron chi connectivity index (χ1n) is 5.24. The van der Waals surface area contributed by atoms with Gasteiger partial charge in [0.05, 0.1) is 6.61 Å². The molecule has 1 aliphatic heterocycles. The summed E-state index contributed by atoms with van der Waals surface area (Å²) in [6, 6.07) is 0. The molecular weight excluding hydrogens is 266 g/mol. The number of hydrogen-bond acceptors (Lipinski definition) is 6. The number of aliphatic hydroxyl groups excluding tert-OH is 2. The summed E-state index contributed by atoms with van der Waals surface area (Å²) in [6.07, 6.45) is -3.05. The highest BCUT2D eigenvalue weighted by atomic mass is 35.5. The van der Waals surface area contributed by atoms with Gasteiger partial charge in [-0.3, -0.25) is 9.78 Å². The van der Waals surface area contributed by atoms with Crippen molar-refractivity contribution >= 4 is 11.6 Å². The Morgan fingerprint density at radius 1 is 1.56 bits per heavy atom. The van der Waals surface area contributed by atoms with Crippen molar-refractivity contribution in [3.8, 4) is 0 Å². The molecule has 0 saturated carbocycles. The predicted octanol–water partition coefficient (Wildman–Crippen LogP) is -1.90. The monoisotopic (exact) mass is 277 g/mol. The lowest BCUT2D eigenvalue weighted by atomic mass is 10.2. The van der Waals surface area contributed by atoms with E-state index in [0.717, 1.165) is 4.68 Å². The first-order chi connectivity index (χ1) is 8.45. The van der Waals surface area contributed by atoms with E-state index in [0.29, 0.717) is 0 Å². The summed E-state index contributed by atoms with van der Waals surface area (Å²) in [4.78, 5) is 24.8. The van der Waals surface area contributed by atoms with E-state index in [9.17, 15) is 14.7 Å². The van der Waals surface area contributed by atoms with Crippen LogP contribution in [0, 0.1) is 6.92 Å². The molecular formula is C9H12ClN3O5. The van der Waals surface area contributed by atoms with E-state index in [1.165, 1.54) is 6.92 Å². The molecule has 1 saturated heterocycles. The number of H-pyrrole nitrogens is 1. The number of ether oxygens (including phenoxy) is 1. The highest BCUT2D eigenvalue weighted by Crippen LogP contribution is 2.31. The summed E-state index contributed by atoms with van der Waals surface area (Å²) in [7, 11) is 0. The molecule has 3 N–H and O–H groups in total. The van der Waals surface area contributed by atoms with E-state index in [-0.39, 0.29) is 5.69 Å². The molecule has 18 heavy (non-hydrogen) atoms. The molecule has 1 aromatic heterocycles. The Morgan fingerprint density at radius 2 is 2.22 bits per heavy atom. The van der Waals surface area contributed by atoms with Gasteiger partial charge in [-0.25, -0.2) is 4.79 Å². The standard InChI is InChI=1S/C9H12ClN3O5/c1-3-7(16)11-9(17)13(12-3)8-5(10)6(15)4(2-14)18-8/h4-6,8,14-15H,2H2,1H3,(H,11,16,17)/t4-,5-,6-,8-/m1/s1. The third-order valence-electron chi connectivity index (χ3n) is 2.73. The van der Waals surface area contributed by atoms with E-state index in [2.05, 4.69) is 10.1 Å². The van der Waals surface area contributed by atoms with Gasteiger partial charge in [0.2, 0.25) is 0 Å². The molecule has 8 nitrogen and oxygen atoms in total. The zero-order valence-electron chi connectivity index (χ0n) is 9.41. The lowest BCUT2D eigenvalue weighted by molar-refractivity contribution is -0.0506. The minimum absolute atomic E-state index is 0.0732. The van der Waals surface area contributed by atoms with Gasteiger partial charge >= 0.3 is 5.69 Å². The lowest BCUT2D eigenvalue weighted by Crippen LogP contribution is -2.39. The average Bonchev–Trinajstić information content (AvgIpc) is 2.61. The Labute approximate surface area is 106 Å². The fourth-order valence-corrected chi connectivity index (χ4v) is 2.05. The number of halogens is 1. The second kappa shape index (κ2) is 4.81. The van der Waals surface area contributed by atoms with Gasteiger partial charge in [-0.15, -0.1) is 11.6 Å². The molecule has 2 heterocycles. The molecule has 0 radical (unpaired) electrons. The molecule has 1 fully saturated rings. The van der Waals surface area contributed by atoms with E-state index < -0.39 is 41.7 Å². The van der Waals surface area contributed by atoms with Crippen molar-refractivity contribution in [1.82, 2.24) is 14.8 Å². The van der Waals surface area contributed by atoms with Crippen molar-refractivity contribution in [2.24, 2.45) is 0 Å². The third-order valence-corrected chi connectivity index (χ3v) is 3.20. The first-order valence-corrected chi connectivity index (χ1v) is 5.67. The molecule has 1 aliphatic rings. The van der Waals surface area contributed by atoms with Crippen molar-refractivity contribution in [2.75, 3.05) is 6.61 Å². The number of aromatic amines is 1. The van der Waals surface area contributed by atoms with Gasteiger partial charge in [-0.2, -0.15) is 9.78 Å². The molecule has 0 amide bonds. The van der Waals surface area contributed by atoms with Gasteiger partial charge in [0.25, 0.3) is 5.56 Å². The quantitative estimate of drug-likeness (QED) is 0.544. The van der Waals surface area contributed by atoms with Crippen LogP contribution in [0.2, 0.25) is 0 Å². The number of aromatic nitrogens is 3. The van der Waals surface area contributed by atoms with Crippen LogP contribution < -0.4 is 11.2 Å². The van der Waals surface area contributed by atoms with E-state index in [1.54, 1.807) is 0 Å². The molecule has 4 atom stereocenters. The number of hydrogen-bond donors (Lipinski definition) is 3. The van der Waals surface area contributed by atoms with Crippen molar-refractivity contribution < 1.29 is 14.9 Å². The van der Waals surface area contributed by atoms with E-state index >= 15 is 0 Å². The number of alkyl halides is 1. The number of nitrogens with one attached hydrogen (secondary N) is 1. The lowest BCUT2D eigenvalue weighted by Gasteiger charge is -2.15. The Bertz CT molecular complexity index is 556. The summed E-state index contributed by atoms with van der Waals surface area (Å²) in [5.74, 6) is 0. The summed E-state index contributed by atoms with van der Waals surface area (Å²) in [5.41, 5.74) is -1.31. The molecule has 0 unspecified atom stereocenters. The number of rotatable bonds is 2. The van der Waals surface area contributed by atoms with Crippen LogP contribution in [0.4, 0.5) is 0 Å². The number of nitrogens with zero attached hydrogens (tertiary/aromatic N) is 2. The van der Waals surface area contributed by atoms with Gasteiger partial charge in [0, 0.05) is 0 Å². The van der Waals surface area contributed by atoms with Gasteiger partial charge in [0.1, 0.15) is 23.3 Å². The van der Waals surface area contributed by atoms with Gasteiger partial charge in [0.15, 0.2) is 6.23 Å². The zero-order chi connectivity index (χ0) is 13.4. The van der Waals surface area contributed by atoms with Crippen LogP contribution >= 0.6 is 11.6 Å². The van der Waals surface area contributed by atoms with E-state index in [4.69, 9.17) is 21.4 Å². The Hall–Kier alpha value is -1.22. The van der Waals surface area contributed by atoms with Crippen molar-refractivity contribution in [2.45, 2.75) is 30.7 Å². The molecule has 100 valence electrons. The normalized spacial score (nSPS) is 31.8. The second-order valence-corrected chi connectivity index (χ2v) is 4.48. The summed E-state index contributed by atoms with van der Waals surface area (Å²) in [6.45, 7) is 0.991. The smallest absolute Gasteiger partial charge is 0.347 e. The number of aliphatic hydroxyl groups is 2. The predicted molar refractivity (Wildman–Crippen MR) is 60.5 cm³/mol. The largest absolute Gasteiger partial charge is 0.394 e.